The van der Waals surface area contributed by atoms with Crippen molar-refractivity contribution in [1.29, 1.82) is 0 Å². The highest BCUT2D eigenvalue weighted by Gasteiger charge is 2.16. The van der Waals surface area contributed by atoms with Gasteiger partial charge in [0.15, 0.2) is 6.10 Å². The number of rotatable bonds is 13. The molecule has 0 bridgehead atoms. The molecule has 1 unspecified atom stereocenters. The average Bonchev–Trinajstić information content (AvgIpc) is 2.72. The molecule has 0 amide bonds. The largest absolute Gasteiger partial charge is 0.462 e. The Hall–Kier alpha value is -3.20. The van der Waals surface area contributed by atoms with Crippen LogP contribution in [0.15, 0.2) is 48.6 Å². The zero-order valence-electron chi connectivity index (χ0n) is 19.4. The van der Waals surface area contributed by atoms with Crippen LogP contribution in [0, 0.1) is 0 Å². The van der Waals surface area contributed by atoms with Crippen LogP contribution in [0.5, 0.6) is 0 Å². The van der Waals surface area contributed by atoms with Gasteiger partial charge in [-0.2, -0.15) is 0 Å². The van der Waals surface area contributed by atoms with Crippen LogP contribution in [0.2, 0.25) is 0 Å². The zero-order chi connectivity index (χ0) is 25.3. The molecule has 1 N–H and O–H groups in total. The predicted octanol–water partition coefficient (Wildman–Crippen LogP) is 2.59. The molecular weight excluding hydrogens is 420 g/mol. The van der Waals surface area contributed by atoms with E-state index < -0.39 is 24.6 Å². The van der Waals surface area contributed by atoms with Gasteiger partial charge in [-0.25, -0.2) is 19.2 Å². The van der Waals surface area contributed by atoms with E-state index in [1.807, 2.05) is 0 Å². The SMILES string of the molecule is C=C(C)C(=O)OCC(CO)OC(=O)C(=C)C.C=C(C)C(=O)OCCCCOC(=O)C(=C)C. The average molecular weight is 455 g/mol. The van der Waals surface area contributed by atoms with Crippen molar-refractivity contribution < 1.29 is 43.2 Å². The van der Waals surface area contributed by atoms with E-state index in [-0.39, 0.29) is 29.7 Å². The predicted molar refractivity (Wildman–Crippen MR) is 118 cm³/mol. The Balaban J connectivity index is 0. The lowest BCUT2D eigenvalue weighted by molar-refractivity contribution is -0.156. The lowest BCUT2D eigenvalue weighted by atomic mass is 10.3. The van der Waals surface area contributed by atoms with Crippen LogP contribution in [-0.2, 0) is 38.1 Å². The topological polar surface area (TPSA) is 125 Å². The third kappa shape index (κ3) is 16.6. The summed E-state index contributed by atoms with van der Waals surface area (Å²) in [7, 11) is 0. The fourth-order valence-electron chi connectivity index (χ4n) is 1.45. The molecule has 0 aliphatic rings. The van der Waals surface area contributed by atoms with Crippen molar-refractivity contribution in [3.8, 4) is 0 Å². The highest BCUT2D eigenvalue weighted by Crippen LogP contribution is 2.01. The molecule has 0 radical (unpaired) electrons. The second-order valence-electron chi connectivity index (χ2n) is 6.91. The molecule has 0 rings (SSSR count). The van der Waals surface area contributed by atoms with E-state index in [1.54, 1.807) is 13.8 Å². The first-order valence-corrected chi connectivity index (χ1v) is 9.78. The molecule has 9 nitrogen and oxygen atoms in total. The maximum Gasteiger partial charge on any atom is 0.333 e. The molecule has 0 saturated heterocycles. The fraction of sp³-hybridized carbons (Fsp3) is 0.478. The normalized spacial score (nSPS) is 10.4. The number of hydrogen-bond acceptors (Lipinski definition) is 9. The minimum absolute atomic E-state index is 0.207. The van der Waals surface area contributed by atoms with Crippen LogP contribution in [0.3, 0.4) is 0 Å². The van der Waals surface area contributed by atoms with Crippen LogP contribution in [-0.4, -0.2) is 61.5 Å². The number of aliphatic hydroxyl groups excluding tert-OH is 1. The van der Waals surface area contributed by atoms with Crippen LogP contribution >= 0.6 is 0 Å². The van der Waals surface area contributed by atoms with Crippen molar-refractivity contribution in [3.63, 3.8) is 0 Å². The number of aliphatic hydroxyl groups is 1. The molecule has 0 aliphatic carbocycles. The maximum absolute atomic E-state index is 11.1. The van der Waals surface area contributed by atoms with Gasteiger partial charge in [0.25, 0.3) is 0 Å². The summed E-state index contributed by atoms with van der Waals surface area (Å²) in [6.07, 6.45) is 0.429. The maximum atomic E-state index is 11.1. The van der Waals surface area contributed by atoms with Gasteiger partial charge in [-0.1, -0.05) is 26.3 Å². The van der Waals surface area contributed by atoms with Gasteiger partial charge in [0.2, 0.25) is 0 Å². The summed E-state index contributed by atoms with van der Waals surface area (Å²) in [6, 6.07) is 0. The molecule has 0 aliphatic heterocycles. The van der Waals surface area contributed by atoms with Crippen LogP contribution in [0.1, 0.15) is 40.5 Å². The quantitative estimate of drug-likeness (QED) is 0.193. The van der Waals surface area contributed by atoms with Crippen molar-refractivity contribution in [2.24, 2.45) is 0 Å². The van der Waals surface area contributed by atoms with Crippen molar-refractivity contribution in [2.45, 2.75) is 46.6 Å². The van der Waals surface area contributed by atoms with Gasteiger partial charge >= 0.3 is 23.9 Å². The number of unbranched alkanes of at least 4 members (excludes halogenated alkanes) is 1. The molecule has 32 heavy (non-hydrogen) atoms. The molecule has 0 aromatic rings. The van der Waals surface area contributed by atoms with Gasteiger partial charge in [0.1, 0.15) is 6.61 Å². The smallest absolute Gasteiger partial charge is 0.333 e. The fourth-order valence-corrected chi connectivity index (χ4v) is 1.45. The Bertz CT molecular complexity index is 689. The van der Waals surface area contributed by atoms with Gasteiger partial charge in [0.05, 0.1) is 19.8 Å². The Morgan fingerprint density at radius 3 is 1.31 bits per heavy atom. The molecule has 0 spiro atoms. The van der Waals surface area contributed by atoms with E-state index in [0.717, 1.165) is 0 Å². The van der Waals surface area contributed by atoms with E-state index in [1.165, 1.54) is 13.8 Å². The second kappa shape index (κ2) is 17.5. The van der Waals surface area contributed by atoms with Gasteiger partial charge < -0.3 is 24.1 Å². The summed E-state index contributed by atoms with van der Waals surface area (Å²) in [4.78, 5) is 44.0. The van der Waals surface area contributed by atoms with Gasteiger partial charge in [0, 0.05) is 22.3 Å². The Kier molecular flexibility index (Phi) is 16.9. The lowest BCUT2D eigenvalue weighted by Gasteiger charge is -2.15. The van der Waals surface area contributed by atoms with Crippen molar-refractivity contribution in [3.05, 3.63) is 48.6 Å². The van der Waals surface area contributed by atoms with E-state index in [9.17, 15) is 19.2 Å². The molecule has 9 heteroatoms. The minimum atomic E-state index is -0.882. The van der Waals surface area contributed by atoms with E-state index >= 15 is 0 Å². The van der Waals surface area contributed by atoms with Gasteiger partial charge in [-0.05, 0) is 40.5 Å². The standard InChI is InChI=1S/C12H18O4.C11H16O5/c1-9(2)11(13)15-7-5-6-8-16-12(14)10(3)4;1-7(2)10(13)15-6-9(5-12)16-11(14)8(3)4/h1,3,5-8H2,2,4H3;9,12H,1,3,5-6H2,2,4H3. The summed E-state index contributed by atoms with van der Waals surface area (Å²) in [5, 5.41) is 8.89. The molecule has 1 atom stereocenters. The van der Waals surface area contributed by atoms with Crippen LogP contribution in [0.25, 0.3) is 0 Å². The third-order valence-corrected chi connectivity index (χ3v) is 3.28. The Labute approximate surface area is 189 Å². The Morgan fingerprint density at radius 2 is 1.00 bits per heavy atom. The van der Waals surface area contributed by atoms with Crippen LogP contribution < -0.4 is 0 Å². The first-order chi connectivity index (χ1) is 14.8. The van der Waals surface area contributed by atoms with E-state index in [2.05, 4.69) is 26.3 Å². The van der Waals surface area contributed by atoms with Crippen LogP contribution in [0.4, 0.5) is 0 Å². The molecule has 180 valence electrons. The number of hydrogen-bond donors (Lipinski definition) is 1. The first kappa shape index (κ1) is 31.0. The van der Waals surface area contributed by atoms with Gasteiger partial charge in [-0.3, -0.25) is 0 Å². The summed E-state index contributed by atoms with van der Waals surface area (Å²) in [6.45, 7) is 19.9. The monoisotopic (exact) mass is 454 g/mol. The molecule has 0 saturated carbocycles. The summed E-state index contributed by atoms with van der Waals surface area (Å²) < 4.78 is 19.3. The summed E-state index contributed by atoms with van der Waals surface area (Å²) >= 11 is 0. The highest BCUT2D eigenvalue weighted by molar-refractivity contribution is 5.88. The van der Waals surface area contributed by atoms with E-state index in [4.69, 9.17) is 24.1 Å². The van der Waals surface area contributed by atoms with E-state index in [0.29, 0.717) is 37.2 Å². The zero-order valence-corrected chi connectivity index (χ0v) is 19.4. The molecule has 0 heterocycles. The number of carbonyl (C=O) groups excluding carboxylic acids is 4. The van der Waals surface area contributed by atoms with Gasteiger partial charge in [-0.15, -0.1) is 0 Å². The minimum Gasteiger partial charge on any atom is -0.462 e. The molecule has 0 aromatic heterocycles. The van der Waals surface area contributed by atoms with Crippen molar-refractivity contribution in [2.75, 3.05) is 26.4 Å². The number of esters is 4. The first-order valence-electron chi connectivity index (χ1n) is 9.78. The number of ether oxygens (including phenoxy) is 4. The second-order valence-corrected chi connectivity index (χ2v) is 6.91. The lowest BCUT2D eigenvalue weighted by Crippen LogP contribution is -2.28. The summed E-state index contributed by atoms with van der Waals surface area (Å²) in [5.74, 6) is -2.01. The third-order valence-electron chi connectivity index (χ3n) is 3.28. The molecule has 0 fully saturated rings. The summed E-state index contributed by atoms with van der Waals surface area (Å²) in [5.41, 5.74) is 1.22. The highest BCUT2D eigenvalue weighted by atomic mass is 16.6. The van der Waals surface area contributed by atoms with Crippen molar-refractivity contribution >= 4 is 23.9 Å². The number of carbonyl (C=O) groups is 4. The molecule has 0 aromatic carbocycles. The molecular formula is C23H34O9. The van der Waals surface area contributed by atoms with Crippen molar-refractivity contribution in [1.82, 2.24) is 0 Å². The Morgan fingerprint density at radius 1 is 0.656 bits per heavy atom.